The number of rotatable bonds is 10. The first-order chi connectivity index (χ1) is 18.3. The second kappa shape index (κ2) is 12.4. The maximum Gasteiger partial charge on any atom is 0.201 e. The minimum absolute atomic E-state index is 0.116. The zero-order valence-electron chi connectivity index (χ0n) is 21.5. The number of aliphatic hydroxyl groups excluding tert-OH is 1. The van der Waals surface area contributed by atoms with E-state index in [1.54, 1.807) is 49.4 Å². The first kappa shape index (κ1) is 27.6. The van der Waals surface area contributed by atoms with Gasteiger partial charge in [-0.25, -0.2) is 13.2 Å². The minimum Gasteiger partial charge on any atom is -0.490 e. The molecule has 2 atom stereocenters. The number of aryl methyl sites for hydroxylation is 2. The summed E-state index contributed by atoms with van der Waals surface area (Å²) in [4.78, 5) is 0. The molecular weight excluding hydrogens is 492 g/mol. The maximum atomic E-state index is 14.9. The summed E-state index contributed by atoms with van der Waals surface area (Å²) in [5.74, 6) is -3.70. The first-order valence-electron chi connectivity index (χ1n) is 13.0. The molecule has 4 rings (SSSR count). The van der Waals surface area contributed by atoms with Gasteiger partial charge >= 0.3 is 0 Å². The Hall–Kier alpha value is -3.38. The fourth-order valence-corrected chi connectivity index (χ4v) is 4.82. The second-order valence-electron chi connectivity index (χ2n) is 9.77. The van der Waals surface area contributed by atoms with Crippen LogP contribution < -0.4 is 4.74 Å². The van der Waals surface area contributed by atoms with Crippen LogP contribution in [0.25, 0.3) is 16.7 Å². The number of aliphatic hydroxyl groups is 1. The molecule has 0 aliphatic heterocycles. The van der Waals surface area contributed by atoms with Crippen molar-refractivity contribution in [1.82, 2.24) is 0 Å². The Kier molecular flexibility index (Phi) is 9.05. The van der Waals surface area contributed by atoms with Crippen LogP contribution in [0, 0.1) is 29.2 Å². The van der Waals surface area contributed by atoms with Gasteiger partial charge in [-0.15, -0.1) is 6.58 Å². The zero-order chi connectivity index (χ0) is 27.2. The molecule has 6 heteroatoms. The van der Waals surface area contributed by atoms with E-state index in [0.29, 0.717) is 37.7 Å². The molecule has 0 fully saturated rings. The highest BCUT2D eigenvalue weighted by molar-refractivity contribution is 5.67. The molecule has 0 saturated heterocycles. The summed E-state index contributed by atoms with van der Waals surface area (Å²) >= 11 is 0. The molecule has 0 spiro atoms. The molecule has 38 heavy (non-hydrogen) atoms. The van der Waals surface area contributed by atoms with Gasteiger partial charge in [0.15, 0.2) is 23.2 Å². The summed E-state index contributed by atoms with van der Waals surface area (Å²) in [5, 5.41) is 9.76. The van der Waals surface area contributed by atoms with Crippen LogP contribution in [-0.4, -0.2) is 17.8 Å². The van der Waals surface area contributed by atoms with Crippen LogP contribution in [0.3, 0.4) is 0 Å². The van der Waals surface area contributed by atoms with E-state index in [0.717, 1.165) is 17.6 Å². The van der Waals surface area contributed by atoms with Crippen LogP contribution in [0.15, 0.2) is 67.3 Å². The maximum absolute atomic E-state index is 14.9. The number of ether oxygens (including phenoxy) is 1. The quantitative estimate of drug-likeness (QED) is 0.165. The number of allylic oxidation sites excluding steroid dienone is 2. The largest absolute Gasteiger partial charge is 0.490 e. The standard InChI is InChI=1S/C32H32F4O2/c1-3-4-19-38-28-18-17-27(31(35)32(28)36)23-8-5-21(6-9-23)7-10-25-15-16-26(30(34)29(25)33)24-13-11-22(12-14-24)20(2)37/h3,5-6,8-9,13,15-18,20,22,37H,1,4,7,10-12,14,19H2,2H3. The van der Waals surface area contributed by atoms with Crippen LogP contribution in [0.1, 0.15) is 49.3 Å². The molecule has 0 radical (unpaired) electrons. The zero-order valence-corrected chi connectivity index (χ0v) is 21.5. The van der Waals surface area contributed by atoms with Gasteiger partial charge in [-0.1, -0.05) is 48.6 Å². The van der Waals surface area contributed by atoms with E-state index < -0.39 is 29.4 Å². The molecule has 2 nitrogen and oxygen atoms in total. The van der Waals surface area contributed by atoms with Crippen molar-refractivity contribution in [1.29, 1.82) is 0 Å². The Morgan fingerprint density at radius 1 is 0.921 bits per heavy atom. The van der Waals surface area contributed by atoms with Crippen molar-refractivity contribution in [2.45, 2.75) is 51.6 Å². The minimum atomic E-state index is -1.04. The Labute approximate surface area is 221 Å². The monoisotopic (exact) mass is 524 g/mol. The van der Waals surface area contributed by atoms with Gasteiger partial charge in [-0.3, -0.25) is 0 Å². The molecule has 0 aromatic heterocycles. The van der Waals surface area contributed by atoms with Gasteiger partial charge in [0.25, 0.3) is 0 Å². The molecule has 2 unspecified atom stereocenters. The predicted molar refractivity (Wildman–Crippen MR) is 143 cm³/mol. The molecule has 0 amide bonds. The van der Waals surface area contributed by atoms with E-state index >= 15 is 0 Å². The van der Waals surface area contributed by atoms with Crippen LogP contribution in [-0.2, 0) is 12.8 Å². The summed E-state index contributed by atoms with van der Waals surface area (Å²) in [5.41, 5.74) is 2.83. The number of hydrogen-bond donors (Lipinski definition) is 1. The highest BCUT2D eigenvalue weighted by Crippen LogP contribution is 2.34. The molecule has 1 N–H and O–H groups in total. The van der Waals surface area contributed by atoms with Crippen molar-refractivity contribution in [3.05, 3.63) is 107 Å². The number of hydrogen-bond acceptors (Lipinski definition) is 2. The third-order valence-electron chi connectivity index (χ3n) is 7.22. The van der Waals surface area contributed by atoms with Crippen LogP contribution in [0.2, 0.25) is 0 Å². The highest BCUT2D eigenvalue weighted by atomic mass is 19.2. The fourth-order valence-electron chi connectivity index (χ4n) is 4.82. The Balaban J connectivity index is 1.42. The lowest BCUT2D eigenvalue weighted by Gasteiger charge is -2.24. The van der Waals surface area contributed by atoms with Gasteiger partial charge in [-0.2, -0.15) is 4.39 Å². The molecule has 1 aliphatic rings. The molecule has 200 valence electrons. The molecule has 0 bridgehead atoms. The molecule has 0 saturated carbocycles. The summed E-state index contributed by atoms with van der Waals surface area (Å²) in [6.45, 7) is 5.53. The molecule has 3 aromatic rings. The lowest BCUT2D eigenvalue weighted by molar-refractivity contribution is 0.120. The van der Waals surface area contributed by atoms with E-state index in [4.69, 9.17) is 4.74 Å². The van der Waals surface area contributed by atoms with Crippen LogP contribution in [0.4, 0.5) is 17.6 Å². The lowest BCUT2D eigenvalue weighted by atomic mass is 9.83. The van der Waals surface area contributed by atoms with Crippen molar-refractivity contribution in [2.75, 3.05) is 6.61 Å². The Morgan fingerprint density at radius 3 is 2.29 bits per heavy atom. The molecule has 3 aromatic carbocycles. The lowest BCUT2D eigenvalue weighted by Crippen LogP contribution is -2.18. The SMILES string of the molecule is C=CCCOc1ccc(-c2ccc(CCc3ccc(C4=CCC(C(C)O)CC4)c(F)c3F)cc2)c(F)c1F. The second-order valence-corrected chi connectivity index (χ2v) is 9.77. The molecule has 1 aliphatic carbocycles. The third-order valence-corrected chi connectivity index (χ3v) is 7.22. The van der Waals surface area contributed by atoms with Gasteiger partial charge in [-0.05, 0) is 85.8 Å². The van der Waals surface area contributed by atoms with Crippen molar-refractivity contribution >= 4 is 5.57 Å². The topological polar surface area (TPSA) is 29.5 Å². The average molecular weight is 525 g/mol. The third kappa shape index (κ3) is 6.18. The average Bonchev–Trinajstić information content (AvgIpc) is 2.92. The van der Waals surface area contributed by atoms with E-state index in [1.807, 2.05) is 6.08 Å². The van der Waals surface area contributed by atoms with Crippen molar-refractivity contribution in [2.24, 2.45) is 5.92 Å². The first-order valence-corrected chi connectivity index (χ1v) is 13.0. The van der Waals surface area contributed by atoms with Crippen molar-refractivity contribution in [3.63, 3.8) is 0 Å². The van der Waals surface area contributed by atoms with Crippen molar-refractivity contribution < 1.29 is 27.4 Å². The van der Waals surface area contributed by atoms with Gasteiger partial charge in [0.1, 0.15) is 0 Å². The molecular formula is C32H32F4O2. The van der Waals surface area contributed by atoms with Gasteiger partial charge < -0.3 is 9.84 Å². The summed E-state index contributed by atoms with van der Waals surface area (Å²) < 4.78 is 64.1. The summed E-state index contributed by atoms with van der Waals surface area (Å²) in [6.07, 6.45) is 6.39. The van der Waals surface area contributed by atoms with Crippen LogP contribution in [0.5, 0.6) is 5.75 Å². The van der Waals surface area contributed by atoms with E-state index in [-0.39, 0.29) is 35.0 Å². The fraction of sp³-hybridized carbons (Fsp3) is 0.312. The summed E-state index contributed by atoms with van der Waals surface area (Å²) in [7, 11) is 0. The van der Waals surface area contributed by atoms with Gasteiger partial charge in [0, 0.05) is 11.1 Å². The Bertz CT molecular complexity index is 1310. The summed E-state index contributed by atoms with van der Waals surface area (Å²) in [6, 6.07) is 13.0. The van der Waals surface area contributed by atoms with Gasteiger partial charge in [0.05, 0.1) is 12.7 Å². The number of halogens is 4. The van der Waals surface area contributed by atoms with E-state index in [9.17, 15) is 22.7 Å². The van der Waals surface area contributed by atoms with Crippen LogP contribution >= 0.6 is 0 Å². The Morgan fingerprint density at radius 2 is 1.63 bits per heavy atom. The molecule has 0 heterocycles. The van der Waals surface area contributed by atoms with E-state index in [1.165, 1.54) is 12.1 Å². The smallest absolute Gasteiger partial charge is 0.201 e. The highest BCUT2D eigenvalue weighted by Gasteiger charge is 2.23. The van der Waals surface area contributed by atoms with E-state index in [2.05, 4.69) is 6.58 Å². The predicted octanol–water partition coefficient (Wildman–Crippen LogP) is 8.21. The van der Waals surface area contributed by atoms with Gasteiger partial charge in [0.2, 0.25) is 5.82 Å². The normalized spacial score (nSPS) is 16.2. The number of benzene rings is 3. The van der Waals surface area contributed by atoms with Crippen molar-refractivity contribution in [3.8, 4) is 16.9 Å².